The van der Waals surface area contributed by atoms with Crippen molar-refractivity contribution in [2.45, 2.75) is 57.7 Å². The number of benzene rings is 1. The van der Waals surface area contributed by atoms with Crippen LogP contribution < -0.4 is 0 Å². The molecule has 3 rings (SSSR count). The molecule has 32 heavy (non-hydrogen) atoms. The second-order valence-electron chi connectivity index (χ2n) is 8.15. The summed E-state index contributed by atoms with van der Waals surface area (Å²) in [7, 11) is 0. The van der Waals surface area contributed by atoms with Crippen molar-refractivity contribution in [3.05, 3.63) is 65.7 Å². The maximum Gasteiger partial charge on any atom is 0.305 e. The van der Waals surface area contributed by atoms with Crippen LogP contribution in [0.2, 0.25) is 0 Å². The first-order chi connectivity index (χ1) is 15.3. The SMILES string of the molecule is CC(C)c1nn(-c2ccccn2)c(-c2ccc(F)cc2)c1CCC(O)CC(O)CC(=O)O. The molecule has 8 heteroatoms. The number of pyridine rings is 1. The summed E-state index contributed by atoms with van der Waals surface area (Å²) in [4.78, 5) is 15.2. The van der Waals surface area contributed by atoms with Gasteiger partial charge in [-0.1, -0.05) is 19.9 Å². The van der Waals surface area contributed by atoms with Crippen molar-refractivity contribution in [3.8, 4) is 17.1 Å². The van der Waals surface area contributed by atoms with Crippen LogP contribution >= 0.6 is 0 Å². The average molecular weight is 442 g/mol. The van der Waals surface area contributed by atoms with Crippen LogP contribution in [0.4, 0.5) is 4.39 Å². The predicted octanol–water partition coefficient (Wildman–Crippen LogP) is 3.72. The van der Waals surface area contributed by atoms with Gasteiger partial charge in [-0.2, -0.15) is 5.10 Å². The molecule has 0 fully saturated rings. The highest BCUT2D eigenvalue weighted by Crippen LogP contribution is 2.33. The van der Waals surface area contributed by atoms with E-state index in [1.165, 1.54) is 12.1 Å². The van der Waals surface area contributed by atoms with Crippen molar-refractivity contribution in [1.82, 2.24) is 14.8 Å². The molecular weight excluding hydrogens is 413 g/mol. The van der Waals surface area contributed by atoms with E-state index in [9.17, 15) is 19.4 Å². The molecule has 1 aromatic carbocycles. The van der Waals surface area contributed by atoms with E-state index in [1.807, 2.05) is 32.0 Å². The molecule has 170 valence electrons. The van der Waals surface area contributed by atoms with Crippen LogP contribution in [0.3, 0.4) is 0 Å². The summed E-state index contributed by atoms with van der Waals surface area (Å²) in [6, 6.07) is 11.7. The lowest BCUT2D eigenvalue weighted by atomic mass is 9.94. The molecule has 2 heterocycles. The zero-order valence-electron chi connectivity index (χ0n) is 18.1. The summed E-state index contributed by atoms with van der Waals surface area (Å²) in [6.45, 7) is 4.05. The normalized spacial score (nSPS) is 13.3. The summed E-state index contributed by atoms with van der Waals surface area (Å²) in [5.41, 5.74) is 3.29. The van der Waals surface area contributed by atoms with Crippen LogP contribution in [0.25, 0.3) is 17.1 Å². The number of carboxylic acids is 1. The first-order valence-electron chi connectivity index (χ1n) is 10.6. The van der Waals surface area contributed by atoms with Gasteiger partial charge < -0.3 is 15.3 Å². The Balaban J connectivity index is 1.99. The molecule has 0 bridgehead atoms. The smallest absolute Gasteiger partial charge is 0.305 e. The van der Waals surface area contributed by atoms with E-state index in [-0.39, 0.29) is 18.2 Å². The maximum absolute atomic E-state index is 13.6. The van der Waals surface area contributed by atoms with Crippen molar-refractivity contribution in [1.29, 1.82) is 0 Å². The number of aliphatic carboxylic acids is 1. The minimum atomic E-state index is -1.11. The van der Waals surface area contributed by atoms with Gasteiger partial charge in [-0.15, -0.1) is 0 Å². The average Bonchev–Trinajstić information content (AvgIpc) is 3.12. The molecule has 0 radical (unpaired) electrons. The van der Waals surface area contributed by atoms with E-state index in [2.05, 4.69) is 4.98 Å². The Morgan fingerprint density at radius 2 is 1.81 bits per heavy atom. The molecule has 2 atom stereocenters. The van der Waals surface area contributed by atoms with Crippen molar-refractivity contribution in [3.63, 3.8) is 0 Å². The molecule has 0 aliphatic carbocycles. The zero-order valence-corrected chi connectivity index (χ0v) is 18.1. The number of rotatable bonds is 10. The van der Waals surface area contributed by atoms with Gasteiger partial charge in [0.15, 0.2) is 5.82 Å². The Kier molecular flexibility index (Phi) is 7.71. The number of nitrogens with zero attached hydrogens (tertiary/aromatic N) is 3. The topological polar surface area (TPSA) is 108 Å². The number of aliphatic hydroxyl groups excluding tert-OH is 2. The minimum absolute atomic E-state index is 0.0242. The van der Waals surface area contributed by atoms with Crippen LogP contribution in [0.5, 0.6) is 0 Å². The molecule has 0 aliphatic rings. The van der Waals surface area contributed by atoms with E-state index in [0.717, 1.165) is 22.5 Å². The van der Waals surface area contributed by atoms with Crippen molar-refractivity contribution < 1.29 is 24.5 Å². The Morgan fingerprint density at radius 1 is 1.09 bits per heavy atom. The van der Waals surface area contributed by atoms with Gasteiger partial charge in [-0.25, -0.2) is 14.1 Å². The summed E-state index contributed by atoms with van der Waals surface area (Å²) in [6.07, 6.45) is 0.0277. The van der Waals surface area contributed by atoms with Crippen LogP contribution in [-0.2, 0) is 11.2 Å². The monoisotopic (exact) mass is 441 g/mol. The molecule has 0 amide bonds. The second kappa shape index (κ2) is 10.5. The molecule has 3 aromatic rings. The van der Waals surface area contributed by atoms with Gasteiger partial charge in [-0.05, 0) is 61.6 Å². The van der Waals surface area contributed by atoms with Gasteiger partial charge in [0, 0.05) is 17.3 Å². The van der Waals surface area contributed by atoms with Gasteiger partial charge in [-0.3, -0.25) is 4.79 Å². The number of aliphatic hydroxyl groups is 2. The molecule has 3 N–H and O–H groups in total. The Morgan fingerprint density at radius 3 is 2.41 bits per heavy atom. The lowest BCUT2D eigenvalue weighted by Gasteiger charge is -2.16. The van der Waals surface area contributed by atoms with E-state index >= 15 is 0 Å². The van der Waals surface area contributed by atoms with Crippen molar-refractivity contribution >= 4 is 5.97 Å². The van der Waals surface area contributed by atoms with E-state index in [1.54, 1.807) is 23.0 Å². The quantitative estimate of drug-likeness (QED) is 0.443. The van der Waals surface area contributed by atoms with Gasteiger partial charge >= 0.3 is 5.97 Å². The Hall–Kier alpha value is -3.10. The fourth-order valence-corrected chi connectivity index (χ4v) is 3.75. The van der Waals surface area contributed by atoms with E-state index in [0.29, 0.717) is 18.7 Å². The number of carboxylic acid groups (broad SMARTS) is 1. The van der Waals surface area contributed by atoms with Gasteiger partial charge in [0.1, 0.15) is 5.82 Å². The molecular formula is C24H28FN3O4. The molecule has 2 unspecified atom stereocenters. The molecule has 0 aliphatic heterocycles. The van der Waals surface area contributed by atoms with Gasteiger partial charge in [0.25, 0.3) is 0 Å². The number of hydrogen-bond donors (Lipinski definition) is 3. The third kappa shape index (κ3) is 5.77. The highest BCUT2D eigenvalue weighted by Gasteiger charge is 2.24. The lowest BCUT2D eigenvalue weighted by Crippen LogP contribution is -2.21. The van der Waals surface area contributed by atoms with Gasteiger partial charge in [0.05, 0.1) is 30.0 Å². The fourth-order valence-electron chi connectivity index (χ4n) is 3.75. The fraction of sp³-hybridized carbons (Fsp3) is 0.375. The van der Waals surface area contributed by atoms with E-state index in [4.69, 9.17) is 10.2 Å². The number of carbonyl (C=O) groups is 1. The Bertz CT molecular complexity index is 1040. The second-order valence-corrected chi connectivity index (χ2v) is 8.15. The first kappa shape index (κ1) is 23.6. The molecule has 0 saturated carbocycles. The van der Waals surface area contributed by atoms with Crippen LogP contribution in [0.15, 0.2) is 48.7 Å². The predicted molar refractivity (Wildman–Crippen MR) is 118 cm³/mol. The number of aromatic nitrogens is 3. The minimum Gasteiger partial charge on any atom is -0.481 e. The maximum atomic E-state index is 13.6. The largest absolute Gasteiger partial charge is 0.481 e. The molecule has 7 nitrogen and oxygen atoms in total. The zero-order chi connectivity index (χ0) is 23.3. The van der Waals surface area contributed by atoms with Crippen LogP contribution in [-0.4, -0.2) is 48.3 Å². The standard InChI is InChI=1S/C24H28FN3O4/c1-15(2)23-20(11-10-18(29)13-19(30)14-22(31)32)24(16-6-8-17(25)9-7-16)28(27-23)21-5-3-4-12-26-21/h3-9,12,15,18-19,29-30H,10-11,13-14H2,1-2H3,(H,31,32). The van der Waals surface area contributed by atoms with Crippen molar-refractivity contribution in [2.75, 3.05) is 0 Å². The number of hydrogen-bond acceptors (Lipinski definition) is 5. The lowest BCUT2D eigenvalue weighted by molar-refractivity contribution is -0.139. The summed E-state index contributed by atoms with van der Waals surface area (Å²) in [5, 5.41) is 33.9. The van der Waals surface area contributed by atoms with E-state index < -0.39 is 24.6 Å². The summed E-state index contributed by atoms with van der Waals surface area (Å²) < 4.78 is 15.3. The third-order valence-electron chi connectivity index (χ3n) is 5.23. The molecule has 0 spiro atoms. The number of halogens is 1. The van der Waals surface area contributed by atoms with Crippen LogP contribution in [0.1, 0.15) is 50.3 Å². The summed E-state index contributed by atoms with van der Waals surface area (Å²) >= 11 is 0. The summed E-state index contributed by atoms with van der Waals surface area (Å²) in [5.74, 6) is -0.741. The van der Waals surface area contributed by atoms with Gasteiger partial charge in [0.2, 0.25) is 0 Å². The first-order valence-corrected chi connectivity index (χ1v) is 10.6. The van der Waals surface area contributed by atoms with Crippen molar-refractivity contribution in [2.24, 2.45) is 0 Å². The highest BCUT2D eigenvalue weighted by molar-refractivity contribution is 5.67. The molecule has 2 aromatic heterocycles. The Labute approximate surface area is 186 Å². The third-order valence-corrected chi connectivity index (χ3v) is 5.23. The van der Waals surface area contributed by atoms with Crippen LogP contribution in [0, 0.1) is 5.82 Å². The molecule has 0 saturated heterocycles. The highest BCUT2D eigenvalue weighted by atomic mass is 19.1.